The molecule has 0 saturated heterocycles. The van der Waals surface area contributed by atoms with Gasteiger partial charge in [0.2, 0.25) is 5.24 Å². The summed E-state index contributed by atoms with van der Waals surface area (Å²) in [4.78, 5) is 31.5. The molecule has 0 aromatic carbocycles. The van der Waals surface area contributed by atoms with Gasteiger partial charge in [0.05, 0.1) is 7.11 Å². The van der Waals surface area contributed by atoms with Gasteiger partial charge >= 0.3 is 77.7 Å². The van der Waals surface area contributed by atoms with E-state index in [2.05, 4.69) is 29.1 Å². The van der Waals surface area contributed by atoms with Crippen LogP contribution in [-0.4, -0.2) is 134 Å². The summed E-state index contributed by atoms with van der Waals surface area (Å²) in [5, 5.41) is 35.4. The molecule has 0 spiro atoms. The topological polar surface area (TPSA) is 151 Å². The van der Waals surface area contributed by atoms with Crippen molar-refractivity contribution in [2.75, 3.05) is 7.11 Å². The van der Waals surface area contributed by atoms with Crippen molar-refractivity contribution in [3.63, 3.8) is 0 Å². The zero-order valence-corrected chi connectivity index (χ0v) is 37.8. The summed E-state index contributed by atoms with van der Waals surface area (Å²) in [6.45, 7) is 9.05. The molecule has 3 aliphatic carbocycles. The molecule has 3 rings (SSSR count). The van der Waals surface area contributed by atoms with Crippen molar-refractivity contribution in [3.05, 3.63) is 30.7 Å². The number of carbonyl (C=O) groups is 3. The summed E-state index contributed by atoms with van der Waals surface area (Å²) >= 11 is 4.87. The van der Waals surface area contributed by atoms with Crippen LogP contribution in [0.2, 0.25) is 0 Å². The number of halogens is 20. The Morgan fingerprint density at radius 2 is 0.894 bits per heavy atom. The van der Waals surface area contributed by atoms with Crippen LogP contribution in [0.1, 0.15) is 90.9 Å². The van der Waals surface area contributed by atoms with Crippen LogP contribution in [0.3, 0.4) is 0 Å². The second-order valence-corrected chi connectivity index (χ2v) is 14.8. The molecular formula is C36H46Cl2F18MgO9. The van der Waals surface area contributed by atoms with Crippen LogP contribution in [0.25, 0.3) is 0 Å². The van der Waals surface area contributed by atoms with Crippen molar-refractivity contribution >= 4 is 51.8 Å². The molecule has 386 valence electrons. The zero-order valence-electron chi connectivity index (χ0n) is 34.9. The van der Waals surface area contributed by atoms with Gasteiger partial charge in [-0.05, 0) is 63.0 Å². The van der Waals surface area contributed by atoms with Gasteiger partial charge < -0.3 is 48.7 Å². The van der Waals surface area contributed by atoms with Crippen LogP contribution in [0.4, 0.5) is 79.0 Å². The maximum absolute atomic E-state index is 13.0. The Hall–Kier alpha value is -1.98. The molecule has 3 saturated carbocycles. The quantitative estimate of drug-likeness (QED) is 0.0524. The fourth-order valence-corrected chi connectivity index (χ4v) is 5.85. The van der Waals surface area contributed by atoms with Gasteiger partial charge in [0.15, 0.2) is 6.10 Å². The molecule has 0 aliphatic heterocycles. The molecular weight excluding hydrogens is 1010 g/mol. The first-order chi connectivity index (χ1) is 28.5. The summed E-state index contributed by atoms with van der Waals surface area (Å²) in [5.41, 5.74) is -15.6. The van der Waals surface area contributed by atoms with Crippen molar-refractivity contribution < 1.29 is 136 Å². The van der Waals surface area contributed by atoms with E-state index >= 15 is 0 Å². The van der Waals surface area contributed by atoms with Gasteiger partial charge in [0.25, 0.3) is 11.2 Å². The van der Waals surface area contributed by atoms with Crippen LogP contribution in [0, 0.1) is 18.3 Å². The van der Waals surface area contributed by atoms with E-state index in [1.807, 2.05) is 0 Å². The Morgan fingerprint density at radius 3 is 1.09 bits per heavy atom. The number of rotatable bonds is 8. The Bertz CT molecular complexity index is 1450. The molecule has 3 fully saturated rings. The summed E-state index contributed by atoms with van der Waals surface area (Å²) < 4.78 is 230. The van der Waals surface area contributed by atoms with Gasteiger partial charge in [0.1, 0.15) is 6.10 Å². The molecule has 9 nitrogen and oxygen atoms in total. The van der Waals surface area contributed by atoms with E-state index < -0.39 is 95.1 Å². The molecule has 0 aromatic rings. The van der Waals surface area contributed by atoms with Crippen LogP contribution in [0.5, 0.6) is 0 Å². The fraction of sp³-hybridized carbons (Fsp3) is 0.778. The zero-order chi connectivity index (χ0) is 51.3. The standard InChI is InChI=1S/C13H16F6O3.C9H12F6O2.C5H4F6O3.C5H9.C4H5ClO.ClH.Mg/c1-7(2)10(20)22-9(8-5-3-4-6-8)11(21,12(14,15)16)13(17,18)19;10-8(11,12)7(17,9(13,14)15)6(16)5-3-1-2-4-5;1-14-2(12)3(13,4(6,7)8)5(9,10)11;1-2-4-5-3-1;1-3(2)4(5)6;;/h8-9,21H,1,3-6H2,2H3;5-6,16-17H,1-4H2;13H,1H3;1H,2-5H2;1H2,2H3;1H;/q;;;-1;;;+2/p-1. The van der Waals surface area contributed by atoms with Crippen LogP contribution in [-0.2, 0) is 23.9 Å². The Balaban J connectivity index is -0.000000391. The van der Waals surface area contributed by atoms with E-state index in [0.717, 1.165) is 6.92 Å². The molecule has 30 heteroatoms. The predicted molar refractivity (Wildman–Crippen MR) is 192 cm³/mol. The third kappa shape index (κ3) is 18.7. The Morgan fingerprint density at radius 1 is 0.591 bits per heavy atom. The van der Waals surface area contributed by atoms with Crippen molar-refractivity contribution in [2.24, 2.45) is 11.8 Å². The predicted octanol–water partition coefficient (Wildman–Crippen LogP) is 6.64. The van der Waals surface area contributed by atoms with E-state index in [1.54, 1.807) is 6.92 Å². The van der Waals surface area contributed by atoms with E-state index in [4.69, 9.17) is 21.8 Å². The van der Waals surface area contributed by atoms with E-state index in [1.165, 1.54) is 25.7 Å². The van der Waals surface area contributed by atoms with Gasteiger partial charge in [-0.25, -0.2) is 9.59 Å². The van der Waals surface area contributed by atoms with Crippen molar-refractivity contribution in [2.45, 2.75) is 157 Å². The van der Waals surface area contributed by atoms with Crippen LogP contribution < -0.4 is 12.4 Å². The SMILES string of the molecule is C=C(C)C(=O)Cl.C=C(C)C(=O)OC(C1CCCC1)C(O)(C(F)(F)F)C(F)(F)F.COC(=O)C(O)(C(F)(F)F)C(F)(F)F.OC(C1CCCC1)C(O)(C(F)(F)F)C(F)(F)F.[CH-]1CCCC1.[Cl-].[Mg+2]. The molecule has 4 N–H and O–H groups in total. The first-order valence-electron chi connectivity index (χ1n) is 18.3. The maximum atomic E-state index is 13.0. The number of carbonyl (C=O) groups excluding carboxylic acids is 3. The van der Waals surface area contributed by atoms with E-state index in [0.29, 0.717) is 38.4 Å². The molecule has 2 unspecified atom stereocenters. The smallest absolute Gasteiger partial charge is 1.00 e. The molecule has 0 amide bonds. The van der Waals surface area contributed by atoms with Crippen molar-refractivity contribution in [3.8, 4) is 0 Å². The number of allylic oxidation sites excluding steroid dienone is 1. The van der Waals surface area contributed by atoms with Gasteiger partial charge in [-0.15, -0.1) is 0 Å². The molecule has 0 heterocycles. The normalized spacial score (nSPS) is 17.5. The average molecular weight is 1060 g/mol. The van der Waals surface area contributed by atoms with Gasteiger partial charge in [-0.2, -0.15) is 91.9 Å². The summed E-state index contributed by atoms with van der Waals surface area (Å²) in [6, 6.07) is 0. The molecule has 3 aliphatic rings. The molecule has 0 radical (unpaired) electrons. The number of esters is 2. The first kappa shape index (κ1) is 70.6. The van der Waals surface area contributed by atoms with E-state index in [9.17, 15) is 104 Å². The average Bonchev–Trinajstić information content (AvgIpc) is 3.96. The summed E-state index contributed by atoms with van der Waals surface area (Å²) in [5.74, 6) is -6.62. The van der Waals surface area contributed by atoms with E-state index in [-0.39, 0.29) is 66.7 Å². The number of hydrogen-bond acceptors (Lipinski definition) is 9. The number of ether oxygens (including phenoxy) is 2. The molecule has 2 atom stereocenters. The Labute approximate surface area is 393 Å². The van der Waals surface area contributed by atoms with Crippen molar-refractivity contribution in [1.82, 2.24) is 0 Å². The second-order valence-electron chi connectivity index (χ2n) is 14.5. The van der Waals surface area contributed by atoms with Crippen molar-refractivity contribution in [1.29, 1.82) is 0 Å². The minimum absolute atomic E-state index is 0. The third-order valence-corrected chi connectivity index (χ3v) is 9.85. The molecule has 0 bridgehead atoms. The van der Waals surface area contributed by atoms with Crippen LogP contribution in [0.15, 0.2) is 24.3 Å². The maximum Gasteiger partial charge on any atom is 2.00 e. The largest absolute Gasteiger partial charge is 2.00 e. The molecule has 0 aromatic heterocycles. The number of aliphatic hydroxyl groups is 4. The minimum Gasteiger partial charge on any atom is -1.00 e. The first-order valence-corrected chi connectivity index (χ1v) is 18.7. The summed E-state index contributed by atoms with van der Waals surface area (Å²) in [7, 11) is 0.296. The van der Waals surface area contributed by atoms with Crippen LogP contribution >= 0.6 is 11.6 Å². The van der Waals surface area contributed by atoms with Gasteiger partial charge in [-0.3, -0.25) is 4.79 Å². The monoisotopic (exact) mass is 1060 g/mol. The minimum atomic E-state index is -6.18. The second kappa shape index (κ2) is 27.4. The number of alkyl halides is 18. The number of aliphatic hydroxyl groups excluding tert-OH is 1. The number of hydrogen-bond donors (Lipinski definition) is 4. The van der Waals surface area contributed by atoms with Gasteiger partial charge in [0, 0.05) is 11.1 Å². The molecule has 66 heavy (non-hydrogen) atoms. The third-order valence-electron chi connectivity index (χ3n) is 9.53. The fourth-order valence-electron chi connectivity index (χ4n) is 5.85. The number of methoxy groups -OCH3 is 1. The Kier molecular flexibility index (Phi) is 29.3. The van der Waals surface area contributed by atoms with Gasteiger partial charge in [-0.1, -0.05) is 51.7 Å². The summed E-state index contributed by atoms with van der Waals surface area (Å²) in [6.07, 6.45) is -32.1.